The highest BCUT2D eigenvalue weighted by Gasteiger charge is 2.21. The van der Waals surface area contributed by atoms with Crippen LogP contribution in [0.25, 0.3) is 6.08 Å². The van der Waals surface area contributed by atoms with Crippen LogP contribution in [0.1, 0.15) is 18.1 Å². The number of likely N-dealkylation sites (N-methyl/N-ethyl adjacent to an activating group) is 1. The number of carbonyl (C=O) groups is 2. The van der Waals surface area contributed by atoms with Gasteiger partial charge in [-0.2, -0.15) is 0 Å². The number of hydrogen-bond donors (Lipinski definition) is 0. The van der Waals surface area contributed by atoms with Gasteiger partial charge >= 0.3 is 5.97 Å². The molecule has 2 aromatic carbocycles. The van der Waals surface area contributed by atoms with Crippen LogP contribution in [0.3, 0.4) is 0 Å². The van der Waals surface area contributed by atoms with Gasteiger partial charge < -0.3 is 23.8 Å². The SMILES string of the molecule is COc1cc(OC)c(OC)cc1/C=C/C(=O)O[C@@H](C)C(=O)N(C)Cc1ccccc1. The number of amides is 1. The number of methoxy groups -OCH3 is 3. The Hall–Kier alpha value is -3.48. The molecule has 2 aromatic rings. The van der Waals surface area contributed by atoms with Gasteiger partial charge in [0.25, 0.3) is 5.91 Å². The van der Waals surface area contributed by atoms with Gasteiger partial charge in [0.1, 0.15) is 5.75 Å². The van der Waals surface area contributed by atoms with Crippen LogP contribution in [0.4, 0.5) is 0 Å². The third-order valence-electron chi connectivity index (χ3n) is 4.41. The molecule has 0 aliphatic rings. The largest absolute Gasteiger partial charge is 0.496 e. The van der Waals surface area contributed by atoms with E-state index in [9.17, 15) is 9.59 Å². The third-order valence-corrected chi connectivity index (χ3v) is 4.41. The van der Waals surface area contributed by atoms with E-state index < -0.39 is 12.1 Å². The van der Waals surface area contributed by atoms with E-state index in [0.717, 1.165) is 5.56 Å². The van der Waals surface area contributed by atoms with Gasteiger partial charge in [-0.3, -0.25) is 4.79 Å². The molecule has 0 bridgehead atoms. The van der Waals surface area contributed by atoms with Crippen molar-refractivity contribution in [3.63, 3.8) is 0 Å². The maximum Gasteiger partial charge on any atom is 0.331 e. The monoisotopic (exact) mass is 413 g/mol. The minimum Gasteiger partial charge on any atom is -0.496 e. The molecular weight excluding hydrogens is 386 g/mol. The van der Waals surface area contributed by atoms with Crippen LogP contribution in [-0.2, 0) is 20.9 Å². The molecule has 0 saturated carbocycles. The van der Waals surface area contributed by atoms with Crippen molar-refractivity contribution in [2.75, 3.05) is 28.4 Å². The normalized spacial score (nSPS) is 11.6. The summed E-state index contributed by atoms with van der Waals surface area (Å²) in [5, 5.41) is 0. The summed E-state index contributed by atoms with van der Waals surface area (Å²) in [6.45, 7) is 1.98. The molecule has 0 aromatic heterocycles. The van der Waals surface area contributed by atoms with Crippen molar-refractivity contribution in [3.05, 3.63) is 59.7 Å². The van der Waals surface area contributed by atoms with Crippen molar-refractivity contribution in [2.45, 2.75) is 19.6 Å². The maximum atomic E-state index is 12.5. The van der Waals surface area contributed by atoms with Crippen LogP contribution in [0.15, 0.2) is 48.5 Å². The minimum atomic E-state index is -0.914. The smallest absolute Gasteiger partial charge is 0.331 e. The van der Waals surface area contributed by atoms with Gasteiger partial charge in [0.15, 0.2) is 17.6 Å². The van der Waals surface area contributed by atoms with Crippen molar-refractivity contribution >= 4 is 18.0 Å². The number of carbonyl (C=O) groups excluding carboxylic acids is 2. The summed E-state index contributed by atoms with van der Waals surface area (Å²) in [4.78, 5) is 26.2. The van der Waals surface area contributed by atoms with E-state index in [1.54, 1.807) is 26.1 Å². The van der Waals surface area contributed by atoms with E-state index in [2.05, 4.69) is 0 Å². The lowest BCUT2D eigenvalue weighted by Crippen LogP contribution is -2.36. The summed E-state index contributed by atoms with van der Waals surface area (Å²) in [6.07, 6.45) is 1.86. The number of benzene rings is 2. The molecule has 0 N–H and O–H groups in total. The van der Waals surface area contributed by atoms with Gasteiger partial charge in [0.05, 0.1) is 21.3 Å². The van der Waals surface area contributed by atoms with Crippen LogP contribution in [-0.4, -0.2) is 51.3 Å². The molecule has 7 nitrogen and oxygen atoms in total. The summed E-state index contributed by atoms with van der Waals surface area (Å²) < 4.78 is 21.1. The van der Waals surface area contributed by atoms with Crippen molar-refractivity contribution in [1.29, 1.82) is 0 Å². The highest BCUT2D eigenvalue weighted by Crippen LogP contribution is 2.35. The molecule has 0 radical (unpaired) electrons. The molecule has 0 unspecified atom stereocenters. The fraction of sp³-hybridized carbons (Fsp3) is 0.304. The standard InChI is InChI=1S/C23H27NO6/c1-16(23(26)24(2)15-17-9-7-6-8-10-17)30-22(25)12-11-18-13-20(28-4)21(29-5)14-19(18)27-3/h6-14,16H,15H2,1-5H3/b12-11+/t16-/m0/s1. The zero-order valence-electron chi connectivity index (χ0n) is 17.9. The molecule has 160 valence electrons. The Labute approximate surface area is 176 Å². The van der Waals surface area contributed by atoms with Gasteiger partial charge in [0, 0.05) is 31.3 Å². The number of nitrogens with zero attached hydrogens (tertiary/aromatic N) is 1. The summed E-state index contributed by atoms with van der Waals surface area (Å²) >= 11 is 0. The molecule has 0 fully saturated rings. The van der Waals surface area contributed by atoms with Crippen LogP contribution in [0.5, 0.6) is 17.2 Å². The van der Waals surface area contributed by atoms with Crippen molar-refractivity contribution in [1.82, 2.24) is 4.90 Å². The lowest BCUT2D eigenvalue weighted by molar-refractivity contribution is -0.154. The Morgan fingerprint density at radius 2 is 1.57 bits per heavy atom. The molecule has 1 atom stereocenters. The number of hydrogen-bond acceptors (Lipinski definition) is 6. The Kier molecular flexibility index (Phi) is 8.29. The van der Waals surface area contributed by atoms with Crippen LogP contribution in [0.2, 0.25) is 0 Å². The molecular formula is C23H27NO6. The van der Waals surface area contributed by atoms with E-state index in [1.807, 2.05) is 30.3 Å². The molecule has 30 heavy (non-hydrogen) atoms. The van der Waals surface area contributed by atoms with Gasteiger partial charge in [0.2, 0.25) is 0 Å². The van der Waals surface area contributed by atoms with E-state index in [0.29, 0.717) is 29.4 Å². The van der Waals surface area contributed by atoms with E-state index in [4.69, 9.17) is 18.9 Å². The highest BCUT2D eigenvalue weighted by molar-refractivity contribution is 5.90. The van der Waals surface area contributed by atoms with Gasteiger partial charge in [-0.1, -0.05) is 30.3 Å². The molecule has 0 spiro atoms. The summed E-state index contributed by atoms with van der Waals surface area (Å²) in [5.74, 6) is 0.584. The Bertz CT molecular complexity index is 894. The Morgan fingerprint density at radius 3 is 2.17 bits per heavy atom. The second-order valence-corrected chi connectivity index (χ2v) is 6.54. The molecule has 7 heteroatoms. The lowest BCUT2D eigenvalue weighted by Gasteiger charge is -2.21. The van der Waals surface area contributed by atoms with Crippen LogP contribution < -0.4 is 14.2 Å². The van der Waals surface area contributed by atoms with Gasteiger partial charge in [-0.15, -0.1) is 0 Å². The van der Waals surface area contributed by atoms with Crippen molar-refractivity contribution in [3.8, 4) is 17.2 Å². The molecule has 0 saturated heterocycles. The molecule has 2 rings (SSSR count). The summed E-state index contributed by atoms with van der Waals surface area (Å²) in [5.41, 5.74) is 1.60. The maximum absolute atomic E-state index is 12.5. The zero-order chi connectivity index (χ0) is 22.1. The van der Waals surface area contributed by atoms with Crippen LogP contribution >= 0.6 is 0 Å². The predicted molar refractivity (Wildman–Crippen MR) is 114 cm³/mol. The van der Waals surface area contributed by atoms with Gasteiger partial charge in [-0.05, 0) is 24.6 Å². The zero-order valence-corrected chi connectivity index (χ0v) is 17.9. The van der Waals surface area contributed by atoms with Crippen molar-refractivity contribution in [2.24, 2.45) is 0 Å². The van der Waals surface area contributed by atoms with Crippen LogP contribution in [0, 0.1) is 0 Å². The fourth-order valence-corrected chi connectivity index (χ4v) is 2.85. The highest BCUT2D eigenvalue weighted by atomic mass is 16.5. The van der Waals surface area contributed by atoms with E-state index in [-0.39, 0.29) is 5.91 Å². The first-order valence-electron chi connectivity index (χ1n) is 9.37. The fourth-order valence-electron chi connectivity index (χ4n) is 2.85. The first-order chi connectivity index (χ1) is 14.4. The predicted octanol–water partition coefficient (Wildman–Crippen LogP) is 3.32. The topological polar surface area (TPSA) is 74.3 Å². The van der Waals surface area contributed by atoms with Gasteiger partial charge in [-0.25, -0.2) is 4.79 Å². The first kappa shape index (κ1) is 22.8. The summed E-state index contributed by atoms with van der Waals surface area (Å²) in [6, 6.07) is 12.9. The molecule has 0 heterocycles. The molecule has 0 aliphatic heterocycles. The second-order valence-electron chi connectivity index (χ2n) is 6.54. The number of esters is 1. The number of rotatable bonds is 9. The second kappa shape index (κ2) is 10.9. The lowest BCUT2D eigenvalue weighted by atomic mass is 10.1. The Morgan fingerprint density at radius 1 is 0.967 bits per heavy atom. The quantitative estimate of drug-likeness (QED) is 0.464. The summed E-state index contributed by atoms with van der Waals surface area (Å²) in [7, 11) is 6.23. The first-order valence-corrected chi connectivity index (χ1v) is 9.37. The molecule has 1 amide bonds. The van der Waals surface area contributed by atoms with E-state index >= 15 is 0 Å². The Balaban J connectivity index is 2.02. The minimum absolute atomic E-state index is 0.288. The molecule has 0 aliphatic carbocycles. The third kappa shape index (κ3) is 6.01. The van der Waals surface area contributed by atoms with E-state index in [1.165, 1.54) is 38.4 Å². The average molecular weight is 413 g/mol. The van der Waals surface area contributed by atoms with Crippen molar-refractivity contribution < 1.29 is 28.5 Å². The number of ether oxygens (including phenoxy) is 4. The average Bonchev–Trinajstić information content (AvgIpc) is 2.76.